The van der Waals surface area contributed by atoms with Gasteiger partial charge in [-0.2, -0.15) is 0 Å². The monoisotopic (exact) mass is 396 g/mol. The smallest absolute Gasteiger partial charge is 0.323 e. The third-order valence-electron chi connectivity index (χ3n) is 4.14. The summed E-state index contributed by atoms with van der Waals surface area (Å²) in [5.74, 6) is -0.411. The second kappa shape index (κ2) is 7.21. The molecule has 4 N–H and O–H groups in total. The van der Waals surface area contributed by atoms with E-state index in [-0.39, 0.29) is 11.4 Å². The van der Waals surface area contributed by atoms with Crippen LogP contribution in [-0.2, 0) is 0 Å². The first-order valence-electron chi connectivity index (χ1n) is 8.28. The minimum atomic E-state index is -0.529. The van der Waals surface area contributed by atoms with Crippen molar-refractivity contribution in [3.05, 3.63) is 71.5 Å². The summed E-state index contributed by atoms with van der Waals surface area (Å²) < 4.78 is 18.8. The Labute approximate surface area is 164 Å². The van der Waals surface area contributed by atoms with Crippen LogP contribution in [0.5, 0.6) is 0 Å². The summed E-state index contributed by atoms with van der Waals surface area (Å²) in [6.07, 6.45) is 0. The fourth-order valence-corrected chi connectivity index (χ4v) is 3.06. The molecule has 1 heterocycles. The van der Waals surface area contributed by atoms with Gasteiger partial charge < -0.3 is 20.9 Å². The first kappa shape index (κ1) is 17.8. The lowest BCUT2D eigenvalue weighted by atomic mass is 10.0. The maximum Gasteiger partial charge on any atom is 0.323 e. The van der Waals surface area contributed by atoms with Gasteiger partial charge in [-0.15, -0.1) is 0 Å². The second-order valence-corrected chi connectivity index (χ2v) is 6.47. The average molecular weight is 397 g/mol. The lowest BCUT2D eigenvalue weighted by Gasteiger charge is -2.09. The Kier molecular flexibility index (Phi) is 4.58. The zero-order chi connectivity index (χ0) is 19.7. The number of amides is 2. The summed E-state index contributed by atoms with van der Waals surface area (Å²) in [7, 11) is 0. The van der Waals surface area contributed by atoms with Crippen LogP contribution in [0.1, 0.15) is 0 Å². The molecule has 8 heteroatoms. The summed E-state index contributed by atoms with van der Waals surface area (Å²) >= 11 is 5.90. The van der Waals surface area contributed by atoms with E-state index < -0.39 is 11.8 Å². The van der Waals surface area contributed by atoms with Crippen LogP contribution in [0.4, 0.5) is 26.4 Å². The van der Waals surface area contributed by atoms with Crippen LogP contribution in [0.25, 0.3) is 22.1 Å². The molecule has 0 atom stereocenters. The van der Waals surface area contributed by atoms with Crippen LogP contribution in [0.15, 0.2) is 65.2 Å². The van der Waals surface area contributed by atoms with Gasteiger partial charge in [-0.3, -0.25) is 0 Å². The number of aromatic nitrogens is 1. The van der Waals surface area contributed by atoms with E-state index >= 15 is 0 Å². The third-order valence-corrected chi connectivity index (χ3v) is 4.37. The molecule has 28 heavy (non-hydrogen) atoms. The predicted octanol–water partition coefficient (Wildman–Crippen LogP) is 5.51. The van der Waals surface area contributed by atoms with E-state index in [9.17, 15) is 9.18 Å². The number of urea groups is 1. The number of nitrogens with two attached hydrogens (primary N) is 1. The Morgan fingerprint density at radius 2 is 1.79 bits per heavy atom. The van der Waals surface area contributed by atoms with Crippen molar-refractivity contribution in [3.63, 3.8) is 0 Å². The molecule has 0 aliphatic heterocycles. The fraction of sp³-hybridized carbons (Fsp3) is 0. The molecule has 0 saturated carbocycles. The largest absolute Gasteiger partial charge is 0.380 e. The summed E-state index contributed by atoms with van der Waals surface area (Å²) in [5.41, 5.74) is 8.46. The standard InChI is InChI=1S/C20H14ClFN4O2/c21-12-2-1-3-14(10-12)25-20(27)24-13-6-4-11(5-7-13)15-8-9-16(22)18-17(15)19(23)26-28-18/h1-10H,(H2,23,26)(H2,24,25,27). The summed E-state index contributed by atoms with van der Waals surface area (Å²) in [6.45, 7) is 0. The summed E-state index contributed by atoms with van der Waals surface area (Å²) in [5, 5.41) is 10.0. The van der Waals surface area contributed by atoms with E-state index in [4.69, 9.17) is 21.9 Å². The van der Waals surface area contributed by atoms with Gasteiger partial charge in [-0.25, -0.2) is 9.18 Å². The van der Waals surface area contributed by atoms with Crippen molar-refractivity contribution in [3.8, 4) is 11.1 Å². The van der Waals surface area contributed by atoms with E-state index in [0.29, 0.717) is 27.3 Å². The quantitative estimate of drug-likeness (QED) is 0.425. The average Bonchev–Trinajstić information content (AvgIpc) is 3.06. The number of hydrogen-bond acceptors (Lipinski definition) is 4. The van der Waals surface area contributed by atoms with Crippen LogP contribution in [0.3, 0.4) is 0 Å². The highest BCUT2D eigenvalue weighted by Crippen LogP contribution is 2.34. The first-order chi connectivity index (χ1) is 13.5. The number of nitrogens with zero attached hydrogens (tertiary/aromatic N) is 1. The molecule has 2 amide bonds. The summed E-state index contributed by atoms with van der Waals surface area (Å²) in [6, 6.07) is 16.4. The predicted molar refractivity (Wildman–Crippen MR) is 108 cm³/mol. The molecule has 0 radical (unpaired) electrons. The van der Waals surface area contributed by atoms with Crippen molar-refractivity contribution >= 4 is 45.8 Å². The van der Waals surface area contributed by atoms with Crippen LogP contribution in [-0.4, -0.2) is 11.2 Å². The first-order valence-corrected chi connectivity index (χ1v) is 8.66. The van der Waals surface area contributed by atoms with Crippen molar-refractivity contribution in [2.45, 2.75) is 0 Å². The number of hydrogen-bond donors (Lipinski definition) is 3. The lowest BCUT2D eigenvalue weighted by Crippen LogP contribution is -2.19. The molecule has 0 unspecified atom stereocenters. The van der Waals surface area contributed by atoms with Gasteiger partial charge in [-0.05, 0) is 47.5 Å². The zero-order valence-electron chi connectivity index (χ0n) is 14.4. The second-order valence-electron chi connectivity index (χ2n) is 6.03. The van der Waals surface area contributed by atoms with Gasteiger partial charge in [0.25, 0.3) is 0 Å². The Balaban J connectivity index is 1.54. The van der Waals surface area contributed by atoms with E-state index in [1.807, 2.05) is 0 Å². The highest BCUT2D eigenvalue weighted by molar-refractivity contribution is 6.30. The molecule has 3 aromatic carbocycles. The molecular formula is C20H14ClFN4O2. The van der Waals surface area contributed by atoms with E-state index in [0.717, 1.165) is 5.56 Å². The van der Waals surface area contributed by atoms with Gasteiger partial charge in [0.2, 0.25) is 5.58 Å². The molecule has 0 spiro atoms. The van der Waals surface area contributed by atoms with Crippen LogP contribution >= 0.6 is 11.6 Å². The lowest BCUT2D eigenvalue weighted by molar-refractivity contribution is 0.262. The molecular weight excluding hydrogens is 383 g/mol. The van der Waals surface area contributed by atoms with Gasteiger partial charge >= 0.3 is 6.03 Å². The van der Waals surface area contributed by atoms with Crippen LogP contribution < -0.4 is 16.4 Å². The molecule has 4 rings (SSSR count). The minimum Gasteiger partial charge on any atom is -0.380 e. The zero-order valence-corrected chi connectivity index (χ0v) is 15.1. The van der Waals surface area contributed by atoms with Crippen molar-refractivity contribution in [1.29, 1.82) is 0 Å². The molecule has 4 aromatic rings. The molecule has 0 aliphatic carbocycles. The van der Waals surface area contributed by atoms with Crippen molar-refractivity contribution in [2.24, 2.45) is 0 Å². The van der Waals surface area contributed by atoms with Crippen molar-refractivity contribution < 1.29 is 13.7 Å². The van der Waals surface area contributed by atoms with Crippen molar-refractivity contribution in [1.82, 2.24) is 5.16 Å². The molecule has 0 saturated heterocycles. The van der Waals surface area contributed by atoms with Gasteiger partial charge in [0.05, 0.1) is 5.39 Å². The van der Waals surface area contributed by atoms with Gasteiger partial charge in [-0.1, -0.05) is 41.0 Å². The van der Waals surface area contributed by atoms with Crippen LogP contribution in [0.2, 0.25) is 5.02 Å². The SMILES string of the molecule is Nc1noc2c(F)ccc(-c3ccc(NC(=O)Nc4cccc(Cl)c4)cc3)c12. The van der Waals surface area contributed by atoms with E-state index in [2.05, 4.69) is 15.8 Å². The topological polar surface area (TPSA) is 93.2 Å². The van der Waals surface area contributed by atoms with Gasteiger partial charge in [0.15, 0.2) is 11.6 Å². The Morgan fingerprint density at radius 1 is 1.04 bits per heavy atom. The van der Waals surface area contributed by atoms with Gasteiger partial charge in [0.1, 0.15) is 0 Å². The normalized spacial score (nSPS) is 10.8. The number of rotatable bonds is 3. The van der Waals surface area contributed by atoms with E-state index in [1.54, 1.807) is 54.6 Å². The number of carbonyl (C=O) groups is 1. The molecule has 0 aliphatic rings. The van der Waals surface area contributed by atoms with Crippen LogP contribution in [0, 0.1) is 5.82 Å². The molecule has 0 fully saturated rings. The maximum atomic E-state index is 13.9. The molecule has 6 nitrogen and oxygen atoms in total. The maximum absolute atomic E-state index is 13.9. The number of carbonyl (C=O) groups excluding carboxylic acids is 1. The Morgan fingerprint density at radius 3 is 2.54 bits per heavy atom. The fourth-order valence-electron chi connectivity index (χ4n) is 2.87. The van der Waals surface area contributed by atoms with E-state index in [1.165, 1.54) is 6.07 Å². The summed E-state index contributed by atoms with van der Waals surface area (Å²) in [4.78, 5) is 12.1. The number of halogens is 2. The number of nitrogens with one attached hydrogen (secondary N) is 2. The highest BCUT2D eigenvalue weighted by atomic mass is 35.5. The Hall–Kier alpha value is -3.58. The number of benzene rings is 3. The highest BCUT2D eigenvalue weighted by Gasteiger charge is 2.16. The van der Waals surface area contributed by atoms with Crippen molar-refractivity contribution in [2.75, 3.05) is 16.4 Å². The Bertz CT molecular complexity index is 1170. The number of anilines is 3. The minimum absolute atomic E-state index is 0.0121. The molecule has 140 valence electrons. The number of nitrogen functional groups attached to an aromatic ring is 1. The number of fused-ring (bicyclic) bond motifs is 1. The third kappa shape index (κ3) is 3.47. The molecule has 0 bridgehead atoms. The van der Waals surface area contributed by atoms with Gasteiger partial charge in [0, 0.05) is 16.4 Å². The molecule has 1 aromatic heterocycles.